The van der Waals surface area contributed by atoms with E-state index in [-0.39, 0.29) is 11.9 Å². The van der Waals surface area contributed by atoms with Gasteiger partial charge in [0, 0.05) is 19.3 Å². The molecular weight excluding hydrogens is 386 g/mol. The van der Waals surface area contributed by atoms with E-state index >= 15 is 0 Å². The molecule has 1 aliphatic heterocycles. The Labute approximate surface area is 172 Å². The zero-order valence-corrected chi connectivity index (χ0v) is 17.0. The lowest BCUT2D eigenvalue weighted by Gasteiger charge is -2.27. The van der Waals surface area contributed by atoms with E-state index in [0.29, 0.717) is 19.0 Å². The molecule has 1 fully saturated rings. The SMILES string of the molecule is CC1(C)C(=O)NC(=O)N1CCNc1nccc(-c2cc(-c3ccccc3)cs2)n1. The van der Waals surface area contributed by atoms with E-state index in [0.717, 1.165) is 16.1 Å². The Bertz CT molecular complexity index is 1050. The van der Waals surface area contributed by atoms with Crippen LogP contribution in [0.1, 0.15) is 13.8 Å². The van der Waals surface area contributed by atoms with Crippen LogP contribution in [0.25, 0.3) is 21.7 Å². The summed E-state index contributed by atoms with van der Waals surface area (Å²) >= 11 is 1.63. The van der Waals surface area contributed by atoms with E-state index in [1.165, 1.54) is 10.5 Å². The summed E-state index contributed by atoms with van der Waals surface area (Å²) in [5.74, 6) is 0.202. The van der Waals surface area contributed by atoms with Gasteiger partial charge in [-0.3, -0.25) is 10.1 Å². The maximum Gasteiger partial charge on any atom is 0.325 e. The first-order valence-corrected chi connectivity index (χ1v) is 10.2. The van der Waals surface area contributed by atoms with Crippen LogP contribution in [0.15, 0.2) is 54.0 Å². The number of carbonyl (C=O) groups is 2. The van der Waals surface area contributed by atoms with Crippen LogP contribution < -0.4 is 10.6 Å². The Balaban J connectivity index is 1.43. The van der Waals surface area contributed by atoms with Crippen molar-refractivity contribution >= 4 is 29.2 Å². The van der Waals surface area contributed by atoms with E-state index < -0.39 is 5.54 Å². The maximum absolute atomic E-state index is 11.9. The van der Waals surface area contributed by atoms with Gasteiger partial charge in [-0.25, -0.2) is 14.8 Å². The zero-order chi connectivity index (χ0) is 20.4. The molecule has 1 aromatic carbocycles. The van der Waals surface area contributed by atoms with Crippen molar-refractivity contribution in [2.45, 2.75) is 19.4 Å². The molecule has 148 valence electrons. The first-order valence-electron chi connectivity index (χ1n) is 9.29. The van der Waals surface area contributed by atoms with E-state index in [2.05, 4.69) is 44.2 Å². The molecule has 0 bridgehead atoms. The Kier molecular flexibility index (Phi) is 5.02. The molecule has 1 aliphatic rings. The van der Waals surface area contributed by atoms with Gasteiger partial charge in [0.25, 0.3) is 5.91 Å². The summed E-state index contributed by atoms with van der Waals surface area (Å²) in [6.07, 6.45) is 1.71. The highest BCUT2D eigenvalue weighted by molar-refractivity contribution is 7.14. The number of anilines is 1. The van der Waals surface area contributed by atoms with Crippen LogP contribution in [0.3, 0.4) is 0 Å². The van der Waals surface area contributed by atoms with E-state index in [9.17, 15) is 9.59 Å². The smallest absolute Gasteiger partial charge is 0.325 e. The van der Waals surface area contributed by atoms with Gasteiger partial charge < -0.3 is 10.2 Å². The van der Waals surface area contributed by atoms with Crippen molar-refractivity contribution in [1.82, 2.24) is 20.2 Å². The molecule has 0 saturated carbocycles. The number of nitrogens with zero attached hydrogens (tertiary/aromatic N) is 3. The Hall–Kier alpha value is -3.26. The van der Waals surface area contributed by atoms with Crippen LogP contribution in [0, 0.1) is 0 Å². The Morgan fingerprint density at radius 2 is 1.93 bits per heavy atom. The standard InChI is InChI=1S/C21H21N5O2S/c1-21(2)18(27)25-20(28)26(21)11-10-23-19-22-9-8-16(24-19)17-12-15(13-29-17)14-6-4-3-5-7-14/h3-9,12-13H,10-11H2,1-2H3,(H,22,23,24)(H,25,27,28). The molecule has 2 aromatic heterocycles. The molecule has 8 heteroatoms. The lowest BCUT2D eigenvalue weighted by molar-refractivity contribution is -0.125. The van der Waals surface area contributed by atoms with Crippen LogP contribution in [0.4, 0.5) is 10.7 Å². The first kappa shape index (κ1) is 19.1. The fourth-order valence-electron chi connectivity index (χ4n) is 3.19. The first-order chi connectivity index (χ1) is 13.9. The topological polar surface area (TPSA) is 87.2 Å². The van der Waals surface area contributed by atoms with Crippen molar-refractivity contribution in [2.24, 2.45) is 0 Å². The number of rotatable bonds is 6. The van der Waals surface area contributed by atoms with E-state index in [4.69, 9.17) is 0 Å². The number of aromatic nitrogens is 2. The second-order valence-electron chi connectivity index (χ2n) is 7.23. The summed E-state index contributed by atoms with van der Waals surface area (Å²) in [6.45, 7) is 4.26. The van der Waals surface area contributed by atoms with Crippen molar-refractivity contribution in [1.29, 1.82) is 0 Å². The monoisotopic (exact) mass is 407 g/mol. The number of hydrogen-bond acceptors (Lipinski definition) is 6. The number of hydrogen-bond donors (Lipinski definition) is 2. The van der Waals surface area contributed by atoms with E-state index in [1.54, 1.807) is 31.4 Å². The highest BCUT2D eigenvalue weighted by Gasteiger charge is 2.44. The molecule has 29 heavy (non-hydrogen) atoms. The number of carbonyl (C=O) groups excluding carboxylic acids is 2. The van der Waals surface area contributed by atoms with Gasteiger partial charge >= 0.3 is 6.03 Å². The predicted octanol–water partition coefficient (Wildman–Crippen LogP) is 3.61. The summed E-state index contributed by atoms with van der Waals surface area (Å²) in [5, 5.41) is 7.60. The number of urea groups is 1. The molecule has 0 unspecified atom stereocenters. The fourth-order valence-corrected chi connectivity index (χ4v) is 4.08. The highest BCUT2D eigenvalue weighted by Crippen LogP contribution is 2.31. The molecule has 0 atom stereocenters. The summed E-state index contributed by atoms with van der Waals surface area (Å²) in [4.78, 5) is 35.2. The van der Waals surface area contributed by atoms with E-state index in [1.807, 2.05) is 24.3 Å². The van der Waals surface area contributed by atoms with Crippen LogP contribution in [0.5, 0.6) is 0 Å². The molecule has 3 heterocycles. The van der Waals surface area contributed by atoms with Gasteiger partial charge in [0.1, 0.15) is 5.54 Å². The minimum absolute atomic E-state index is 0.285. The summed E-state index contributed by atoms with van der Waals surface area (Å²) in [5.41, 5.74) is 2.31. The molecule has 7 nitrogen and oxygen atoms in total. The van der Waals surface area contributed by atoms with Crippen molar-refractivity contribution in [3.63, 3.8) is 0 Å². The normalized spacial score (nSPS) is 15.4. The second-order valence-corrected chi connectivity index (χ2v) is 8.14. The molecular formula is C21H21N5O2S. The molecule has 0 spiro atoms. The number of amides is 3. The quantitative estimate of drug-likeness (QED) is 0.610. The molecule has 1 saturated heterocycles. The Morgan fingerprint density at radius 3 is 2.66 bits per heavy atom. The lowest BCUT2D eigenvalue weighted by atomic mass is 10.0. The predicted molar refractivity (Wildman–Crippen MR) is 114 cm³/mol. The summed E-state index contributed by atoms with van der Waals surface area (Å²) in [7, 11) is 0. The van der Waals surface area contributed by atoms with Crippen LogP contribution in [-0.2, 0) is 4.79 Å². The maximum atomic E-state index is 11.9. The Morgan fingerprint density at radius 1 is 1.14 bits per heavy atom. The zero-order valence-electron chi connectivity index (χ0n) is 16.2. The summed E-state index contributed by atoms with van der Waals surface area (Å²) in [6, 6.07) is 13.8. The molecule has 3 aromatic rings. The van der Waals surface area contributed by atoms with Gasteiger partial charge in [-0.05, 0) is 42.5 Å². The van der Waals surface area contributed by atoms with Crippen LogP contribution >= 0.6 is 11.3 Å². The van der Waals surface area contributed by atoms with Crippen molar-refractivity contribution in [2.75, 3.05) is 18.4 Å². The largest absolute Gasteiger partial charge is 0.352 e. The lowest BCUT2D eigenvalue weighted by Crippen LogP contribution is -2.46. The van der Waals surface area contributed by atoms with Gasteiger partial charge in [0.15, 0.2) is 0 Å². The fraction of sp³-hybridized carbons (Fsp3) is 0.238. The molecule has 3 amide bonds. The molecule has 0 aliphatic carbocycles. The average molecular weight is 407 g/mol. The van der Waals surface area contributed by atoms with Gasteiger partial charge in [-0.1, -0.05) is 30.3 Å². The minimum Gasteiger partial charge on any atom is -0.352 e. The van der Waals surface area contributed by atoms with Gasteiger partial charge in [-0.2, -0.15) is 0 Å². The van der Waals surface area contributed by atoms with Crippen LogP contribution in [0.2, 0.25) is 0 Å². The third kappa shape index (κ3) is 3.84. The molecule has 4 rings (SSSR count). The third-order valence-electron chi connectivity index (χ3n) is 4.93. The van der Waals surface area contributed by atoms with Crippen molar-refractivity contribution in [3.8, 4) is 21.7 Å². The van der Waals surface area contributed by atoms with Crippen molar-refractivity contribution in [3.05, 3.63) is 54.0 Å². The number of imide groups is 1. The van der Waals surface area contributed by atoms with Gasteiger partial charge in [0.05, 0.1) is 10.6 Å². The number of thiophene rings is 1. The highest BCUT2D eigenvalue weighted by atomic mass is 32.1. The second kappa shape index (κ2) is 7.63. The molecule has 0 radical (unpaired) electrons. The van der Waals surface area contributed by atoms with Crippen molar-refractivity contribution < 1.29 is 9.59 Å². The number of benzene rings is 1. The molecule has 2 N–H and O–H groups in total. The van der Waals surface area contributed by atoms with Gasteiger partial charge in [-0.15, -0.1) is 11.3 Å². The van der Waals surface area contributed by atoms with Crippen LogP contribution in [-0.4, -0.2) is 45.4 Å². The number of nitrogens with one attached hydrogen (secondary N) is 2. The average Bonchev–Trinajstić information content (AvgIpc) is 3.28. The minimum atomic E-state index is -0.855. The summed E-state index contributed by atoms with van der Waals surface area (Å²) < 4.78 is 0. The third-order valence-corrected chi connectivity index (χ3v) is 5.88. The van der Waals surface area contributed by atoms with Gasteiger partial charge in [0.2, 0.25) is 5.95 Å².